The van der Waals surface area contributed by atoms with Crippen LogP contribution in [0.3, 0.4) is 0 Å². The first-order chi connectivity index (χ1) is 7.81. The second-order valence-electron chi connectivity index (χ2n) is 5.04. The average Bonchev–Trinajstić information content (AvgIpc) is 2.78. The van der Waals surface area contributed by atoms with Crippen molar-refractivity contribution in [2.45, 2.75) is 64.8 Å². The summed E-state index contributed by atoms with van der Waals surface area (Å²) < 4.78 is 0. The van der Waals surface area contributed by atoms with E-state index in [2.05, 4.69) is 24.8 Å². The van der Waals surface area contributed by atoms with E-state index in [0.717, 1.165) is 12.8 Å². The lowest BCUT2D eigenvalue weighted by atomic mass is 10.1. The van der Waals surface area contributed by atoms with Gasteiger partial charge in [0.25, 0.3) is 0 Å². The van der Waals surface area contributed by atoms with Crippen LogP contribution >= 0.6 is 0 Å². The molecule has 0 aliphatic heterocycles. The highest BCUT2D eigenvalue weighted by Gasteiger charge is 2.28. The fraction of sp³-hybridized carbons (Fsp3) is 0.929. The van der Waals surface area contributed by atoms with E-state index in [4.69, 9.17) is 5.26 Å². The standard InChI is InChI=1S/C14H26N2/c1-3-5-9-16(10-6-4-2)14-8-7-13(11-14)12-15/h13-14H,3-11H2,1-2H3. The molecule has 92 valence electrons. The normalized spacial score (nSPS) is 24.9. The van der Waals surface area contributed by atoms with Crippen molar-refractivity contribution < 1.29 is 0 Å². The second kappa shape index (κ2) is 7.68. The topological polar surface area (TPSA) is 27.0 Å². The molecule has 2 unspecified atom stereocenters. The van der Waals surface area contributed by atoms with Crippen LogP contribution in [0.2, 0.25) is 0 Å². The Balaban J connectivity index is 2.39. The molecule has 16 heavy (non-hydrogen) atoms. The quantitative estimate of drug-likeness (QED) is 0.658. The molecule has 1 saturated carbocycles. The molecule has 0 amide bonds. The minimum Gasteiger partial charge on any atom is -0.300 e. The van der Waals surface area contributed by atoms with Crippen molar-refractivity contribution in [3.05, 3.63) is 0 Å². The lowest BCUT2D eigenvalue weighted by Gasteiger charge is -2.28. The van der Waals surface area contributed by atoms with Gasteiger partial charge in [-0.3, -0.25) is 0 Å². The molecular formula is C14H26N2. The van der Waals surface area contributed by atoms with Crippen molar-refractivity contribution in [1.82, 2.24) is 4.90 Å². The van der Waals surface area contributed by atoms with E-state index in [1.54, 1.807) is 0 Å². The first-order valence-corrected chi connectivity index (χ1v) is 6.95. The number of nitrogens with zero attached hydrogens (tertiary/aromatic N) is 2. The zero-order chi connectivity index (χ0) is 11.8. The minimum absolute atomic E-state index is 0.329. The van der Waals surface area contributed by atoms with Gasteiger partial charge in [0.05, 0.1) is 6.07 Å². The lowest BCUT2D eigenvalue weighted by Crippen LogP contribution is -2.35. The van der Waals surface area contributed by atoms with Gasteiger partial charge >= 0.3 is 0 Å². The average molecular weight is 222 g/mol. The van der Waals surface area contributed by atoms with Gasteiger partial charge < -0.3 is 4.90 Å². The zero-order valence-corrected chi connectivity index (χ0v) is 10.9. The molecule has 0 bridgehead atoms. The van der Waals surface area contributed by atoms with Crippen molar-refractivity contribution in [3.63, 3.8) is 0 Å². The Morgan fingerprint density at radius 2 is 1.75 bits per heavy atom. The first-order valence-electron chi connectivity index (χ1n) is 6.95. The summed E-state index contributed by atoms with van der Waals surface area (Å²) in [6.07, 6.45) is 8.63. The Labute approximate surface area is 101 Å². The summed E-state index contributed by atoms with van der Waals surface area (Å²) in [4.78, 5) is 2.64. The van der Waals surface area contributed by atoms with E-state index in [-0.39, 0.29) is 0 Å². The van der Waals surface area contributed by atoms with Crippen molar-refractivity contribution in [2.75, 3.05) is 13.1 Å². The van der Waals surface area contributed by atoms with Gasteiger partial charge in [-0.2, -0.15) is 5.26 Å². The fourth-order valence-corrected chi connectivity index (χ4v) is 2.61. The van der Waals surface area contributed by atoms with Gasteiger partial charge in [-0.15, -0.1) is 0 Å². The van der Waals surface area contributed by atoms with E-state index >= 15 is 0 Å². The molecule has 1 aliphatic rings. The molecule has 0 radical (unpaired) electrons. The monoisotopic (exact) mass is 222 g/mol. The van der Waals surface area contributed by atoms with E-state index in [1.165, 1.54) is 45.2 Å². The molecule has 0 saturated heterocycles. The summed E-state index contributed by atoms with van der Waals surface area (Å²) in [6.45, 7) is 6.98. The van der Waals surface area contributed by atoms with Crippen LogP contribution in [0.15, 0.2) is 0 Å². The maximum atomic E-state index is 8.95. The number of hydrogen-bond acceptors (Lipinski definition) is 2. The van der Waals surface area contributed by atoms with Crippen LogP contribution in [0.5, 0.6) is 0 Å². The van der Waals surface area contributed by atoms with Gasteiger partial charge in [0.1, 0.15) is 0 Å². The smallest absolute Gasteiger partial charge is 0.0656 e. The SMILES string of the molecule is CCCCN(CCCC)C1CCC(C#N)C1. The van der Waals surface area contributed by atoms with E-state index in [9.17, 15) is 0 Å². The highest BCUT2D eigenvalue weighted by atomic mass is 15.2. The number of rotatable bonds is 7. The molecule has 0 spiro atoms. The molecule has 0 N–H and O–H groups in total. The number of hydrogen-bond donors (Lipinski definition) is 0. The van der Waals surface area contributed by atoms with Gasteiger partial charge in [0.2, 0.25) is 0 Å². The third-order valence-electron chi connectivity index (χ3n) is 3.70. The van der Waals surface area contributed by atoms with Gasteiger partial charge in [-0.1, -0.05) is 26.7 Å². The van der Waals surface area contributed by atoms with Crippen molar-refractivity contribution in [1.29, 1.82) is 5.26 Å². The van der Waals surface area contributed by atoms with E-state index in [1.807, 2.05) is 0 Å². The zero-order valence-electron chi connectivity index (χ0n) is 10.9. The number of unbranched alkanes of at least 4 members (excludes halogenated alkanes) is 2. The van der Waals surface area contributed by atoms with Crippen LogP contribution in [0, 0.1) is 17.2 Å². The third-order valence-corrected chi connectivity index (χ3v) is 3.70. The van der Waals surface area contributed by atoms with Crippen LogP contribution in [0.25, 0.3) is 0 Å². The maximum absolute atomic E-state index is 8.95. The molecule has 2 nitrogen and oxygen atoms in total. The van der Waals surface area contributed by atoms with Gasteiger partial charge in [0, 0.05) is 12.0 Å². The predicted molar refractivity (Wildman–Crippen MR) is 68.1 cm³/mol. The minimum atomic E-state index is 0.329. The van der Waals surface area contributed by atoms with Gasteiger partial charge in [-0.25, -0.2) is 0 Å². The van der Waals surface area contributed by atoms with Crippen LogP contribution < -0.4 is 0 Å². The van der Waals surface area contributed by atoms with Crippen molar-refractivity contribution in [2.24, 2.45) is 5.92 Å². The first kappa shape index (κ1) is 13.5. The fourth-order valence-electron chi connectivity index (χ4n) is 2.61. The van der Waals surface area contributed by atoms with Crippen LogP contribution in [-0.2, 0) is 0 Å². The molecule has 0 aromatic carbocycles. The largest absolute Gasteiger partial charge is 0.300 e. The Hall–Kier alpha value is -0.550. The molecular weight excluding hydrogens is 196 g/mol. The summed E-state index contributed by atoms with van der Waals surface area (Å²) in [5, 5.41) is 8.95. The molecule has 2 atom stereocenters. The Morgan fingerprint density at radius 3 is 2.19 bits per heavy atom. The molecule has 0 heterocycles. The summed E-state index contributed by atoms with van der Waals surface area (Å²) >= 11 is 0. The van der Waals surface area contributed by atoms with Crippen LogP contribution in [0.1, 0.15) is 58.8 Å². The van der Waals surface area contributed by atoms with Crippen molar-refractivity contribution in [3.8, 4) is 6.07 Å². The highest BCUT2D eigenvalue weighted by molar-refractivity contribution is 4.93. The summed E-state index contributed by atoms with van der Waals surface area (Å²) in [7, 11) is 0. The molecule has 0 aromatic heterocycles. The maximum Gasteiger partial charge on any atom is 0.0656 e. The summed E-state index contributed by atoms with van der Waals surface area (Å²) in [6, 6.07) is 3.13. The molecule has 0 aromatic rings. The Kier molecular flexibility index (Phi) is 6.49. The van der Waals surface area contributed by atoms with E-state index in [0.29, 0.717) is 12.0 Å². The van der Waals surface area contributed by atoms with Crippen LogP contribution in [-0.4, -0.2) is 24.0 Å². The van der Waals surface area contributed by atoms with Crippen LogP contribution in [0.4, 0.5) is 0 Å². The second-order valence-corrected chi connectivity index (χ2v) is 5.04. The third kappa shape index (κ3) is 4.14. The summed E-state index contributed by atoms with van der Waals surface area (Å²) in [5.41, 5.74) is 0. The molecule has 1 aliphatic carbocycles. The lowest BCUT2D eigenvalue weighted by molar-refractivity contribution is 0.191. The molecule has 2 heteroatoms. The number of nitriles is 1. The summed E-state index contributed by atoms with van der Waals surface area (Å²) in [5.74, 6) is 0.329. The molecule has 1 fully saturated rings. The predicted octanol–water partition coefficient (Wildman–Crippen LogP) is 3.58. The molecule has 1 rings (SSSR count). The van der Waals surface area contributed by atoms with Gasteiger partial charge in [-0.05, 0) is 45.2 Å². The van der Waals surface area contributed by atoms with Crippen molar-refractivity contribution >= 4 is 0 Å². The Morgan fingerprint density at radius 1 is 1.12 bits per heavy atom. The van der Waals surface area contributed by atoms with E-state index < -0.39 is 0 Å². The highest BCUT2D eigenvalue weighted by Crippen LogP contribution is 2.29. The van der Waals surface area contributed by atoms with Gasteiger partial charge in [0.15, 0.2) is 0 Å². The Bertz CT molecular complexity index is 211.